The van der Waals surface area contributed by atoms with Crippen molar-refractivity contribution in [2.75, 3.05) is 0 Å². The zero-order valence-corrected chi connectivity index (χ0v) is 15.0. The number of hydrogen-bond donors (Lipinski definition) is 1. The van der Waals surface area contributed by atoms with Crippen LogP contribution in [0.3, 0.4) is 0 Å². The maximum atomic E-state index is 12.8. The lowest BCUT2D eigenvalue weighted by Crippen LogP contribution is -2.00. The predicted octanol–water partition coefficient (Wildman–Crippen LogP) is 5.13. The molecule has 4 rings (SSSR count). The second kappa shape index (κ2) is 7.29. The van der Waals surface area contributed by atoms with Crippen LogP contribution in [0, 0.1) is 21.4 Å². The minimum Gasteiger partial charge on any atom is -0.456 e. The molecule has 2 aromatic heterocycles. The SMILES string of the molecule is N#C/C(=C\c1ccc(-c2ccccc2[N+](=O)[O-])o1)C(=O)c1c[nH]c2ccccc12. The standard InChI is InChI=1S/C22H13N3O4/c23-12-14(22(26)18-13-24-19-7-3-1-5-16(18)19)11-15-9-10-21(29-15)17-6-2-4-8-20(17)25(27)28/h1-11,13,24H/b14-11+. The Morgan fingerprint density at radius 3 is 2.66 bits per heavy atom. The highest BCUT2D eigenvalue weighted by atomic mass is 16.6. The van der Waals surface area contributed by atoms with E-state index in [1.54, 1.807) is 42.6 Å². The first kappa shape index (κ1) is 17.9. The summed E-state index contributed by atoms with van der Waals surface area (Å²) in [7, 11) is 0. The van der Waals surface area contributed by atoms with E-state index in [1.807, 2.05) is 24.3 Å². The lowest BCUT2D eigenvalue weighted by molar-refractivity contribution is -0.384. The normalized spacial score (nSPS) is 11.3. The van der Waals surface area contributed by atoms with Crippen molar-refractivity contribution in [3.8, 4) is 17.4 Å². The minimum atomic E-state index is -0.491. The number of benzene rings is 2. The number of allylic oxidation sites excluding steroid dienone is 1. The molecule has 0 aliphatic carbocycles. The van der Waals surface area contributed by atoms with Crippen LogP contribution < -0.4 is 0 Å². The van der Waals surface area contributed by atoms with Crippen LogP contribution in [0.15, 0.2) is 76.9 Å². The number of hydrogen-bond acceptors (Lipinski definition) is 5. The Morgan fingerprint density at radius 1 is 1.10 bits per heavy atom. The number of H-pyrrole nitrogens is 1. The van der Waals surface area contributed by atoms with Crippen LogP contribution in [0.4, 0.5) is 5.69 Å². The van der Waals surface area contributed by atoms with Gasteiger partial charge < -0.3 is 9.40 Å². The number of aromatic nitrogens is 1. The van der Waals surface area contributed by atoms with E-state index < -0.39 is 10.7 Å². The highest BCUT2D eigenvalue weighted by Gasteiger charge is 2.19. The molecule has 0 bridgehead atoms. The number of nitrogens with zero attached hydrogens (tertiary/aromatic N) is 2. The van der Waals surface area contributed by atoms with E-state index in [1.165, 1.54) is 12.1 Å². The Bertz CT molecular complexity index is 1320. The first-order valence-corrected chi connectivity index (χ1v) is 8.64. The van der Waals surface area contributed by atoms with Crippen molar-refractivity contribution >= 4 is 28.4 Å². The number of carbonyl (C=O) groups excluding carboxylic acids is 1. The maximum absolute atomic E-state index is 12.8. The predicted molar refractivity (Wildman–Crippen MR) is 107 cm³/mol. The summed E-state index contributed by atoms with van der Waals surface area (Å²) < 4.78 is 5.66. The van der Waals surface area contributed by atoms with Gasteiger partial charge in [0.25, 0.3) is 5.69 Å². The summed E-state index contributed by atoms with van der Waals surface area (Å²) in [6, 6.07) is 18.5. The third-order valence-corrected chi connectivity index (χ3v) is 4.48. The number of nitro groups is 1. The Hall–Kier alpha value is -4.44. The van der Waals surface area contributed by atoms with Crippen molar-refractivity contribution in [2.24, 2.45) is 0 Å². The van der Waals surface area contributed by atoms with Gasteiger partial charge >= 0.3 is 0 Å². The number of nitriles is 1. The lowest BCUT2D eigenvalue weighted by atomic mass is 10.0. The second-order valence-corrected chi connectivity index (χ2v) is 6.22. The van der Waals surface area contributed by atoms with Crippen LogP contribution in [0.25, 0.3) is 28.3 Å². The van der Waals surface area contributed by atoms with E-state index in [9.17, 15) is 20.2 Å². The summed E-state index contributed by atoms with van der Waals surface area (Å²) >= 11 is 0. The molecule has 2 heterocycles. The van der Waals surface area contributed by atoms with Crippen LogP contribution in [-0.2, 0) is 0 Å². The Kier molecular flexibility index (Phi) is 4.51. The van der Waals surface area contributed by atoms with E-state index in [2.05, 4.69) is 4.98 Å². The Labute approximate surface area is 164 Å². The number of para-hydroxylation sites is 2. The largest absolute Gasteiger partial charge is 0.456 e. The van der Waals surface area contributed by atoms with Gasteiger partial charge in [0.05, 0.1) is 10.5 Å². The van der Waals surface area contributed by atoms with Gasteiger partial charge in [-0.2, -0.15) is 5.26 Å². The summed E-state index contributed by atoms with van der Waals surface area (Å²) in [5.74, 6) is 0.0943. The highest BCUT2D eigenvalue weighted by molar-refractivity contribution is 6.19. The number of aromatic amines is 1. The summed E-state index contributed by atoms with van der Waals surface area (Å²) in [5.41, 5.74) is 1.31. The van der Waals surface area contributed by atoms with Crippen molar-refractivity contribution in [2.45, 2.75) is 0 Å². The van der Waals surface area contributed by atoms with Gasteiger partial charge in [0.1, 0.15) is 23.2 Å². The first-order chi connectivity index (χ1) is 14.1. The molecule has 0 fully saturated rings. The molecule has 4 aromatic rings. The molecule has 2 aromatic carbocycles. The van der Waals surface area contributed by atoms with E-state index in [-0.39, 0.29) is 22.8 Å². The molecule has 0 aliphatic rings. The van der Waals surface area contributed by atoms with Gasteiger partial charge in [-0.25, -0.2) is 0 Å². The molecule has 0 saturated heterocycles. The topological polar surface area (TPSA) is 113 Å². The van der Waals surface area contributed by atoms with Crippen molar-refractivity contribution in [1.29, 1.82) is 5.26 Å². The molecule has 0 aliphatic heterocycles. The number of nitro benzene ring substituents is 1. The molecular formula is C22H13N3O4. The number of carbonyl (C=O) groups is 1. The number of furan rings is 1. The minimum absolute atomic E-state index is 0.0900. The molecule has 0 radical (unpaired) electrons. The van der Waals surface area contributed by atoms with Crippen LogP contribution in [0.1, 0.15) is 16.1 Å². The fraction of sp³-hybridized carbons (Fsp3) is 0. The summed E-state index contributed by atoms with van der Waals surface area (Å²) in [5, 5.41) is 21.4. The fourth-order valence-corrected chi connectivity index (χ4v) is 3.11. The van der Waals surface area contributed by atoms with Gasteiger partial charge in [0, 0.05) is 34.8 Å². The van der Waals surface area contributed by atoms with Crippen molar-refractivity contribution in [3.05, 3.63) is 93.9 Å². The molecular weight excluding hydrogens is 370 g/mol. The number of Topliss-reactive ketones (excluding diaryl/α,β-unsaturated/α-hetero) is 1. The molecule has 0 atom stereocenters. The second-order valence-electron chi connectivity index (χ2n) is 6.22. The molecule has 0 unspecified atom stereocenters. The number of rotatable bonds is 5. The third kappa shape index (κ3) is 3.31. The lowest BCUT2D eigenvalue weighted by Gasteiger charge is -1.99. The van der Waals surface area contributed by atoms with Crippen LogP contribution in [0.5, 0.6) is 0 Å². The smallest absolute Gasteiger partial charge is 0.280 e. The Balaban J connectivity index is 1.70. The van der Waals surface area contributed by atoms with Crippen LogP contribution in [-0.4, -0.2) is 15.7 Å². The Morgan fingerprint density at radius 2 is 1.86 bits per heavy atom. The van der Waals surface area contributed by atoms with Crippen LogP contribution >= 0.6 is 0 Å². The zero-order chi connectivity index (χ0) is 20.4. The molecule has 7 heteroatoms. The van der Waals surface area contributed by atoms with Crippen molar-refractivity contribution in [3.63, 3.8) is 0 Å². The highest BCUT2D eigenvalue weighted by Crippen LogP contribution is 2.31. The maximum Gasteiger partial charge on any atom is 0.280 e. The summed E-state index contributed by atoms with van der Waals surface area (Å²) in [4.78, 5) is 26.6. The van der Waals surface area contributed by atoms with Crippen molar-refractivity contribution in [1.82, 2.24) is 4.98 Å². The number of nitrogens with one attached hydrogen (secondary N) is 1. The van der Waals surface area contributed by atoms with Gasteiger partial charge in [0.2, 0.25) is 5.78 Å². The van der Waals surface area contributed by atoms with Gasteiger partial charge in [-0.15, -0.1) is 0 Å². The van der Waals surface area contributed by atoms with Crippen LogP contribution in [0.2, 0.25) is 0 Å². The molecule has 29 heavy (non-hydrogen) atoms. The van der Waals surface area contributed by atoms with Gasteiger partial charge in [-0.05, 0) is 24.3 Å². The number of ketones is 1. The fourth-order valence-electron chi connectivity index (χ4n) is 3.11. The van der Waals surface area contributed by atoms with E-state index in [4.69, 9.17) is 4.42 Å². The average Bonchev–Trinajstić information content (AvgIpc) is 3.38. The van der Waals surface area contributed by atoms with E-state index >= 15 is 0 Å². The van der Waals surface area contributed by atoms with Gasteiger partial charge in [-0.3, -0.25) is 14.9 Å². The summed E-state index contributed by atoms with van der Waals surface area (Å²) in [6.07, 6.45) is 2.90. The molecule has 7 nitrogen and oxygen atoms in total. The average molecular weight is 383 g/mol. The van der Waals surface area contributed by atoms with E-state index in [0.717, 1.165) is 10.9 Å². The summed E-state index contributed by atoms with van der Waals surface area (Å²) in [6.45, 7) is 0. The van der Waals surface area contributed by atoms with E-state index in [0.29, 0.717) is 11.1 Å². The molecule has 1 N–H and O–H groups in total. The molecule has 0 spiro atoms. The quantitative estimate of drug-likeness (QED) is 0.169. The molecule has 140 valence electrons. The van der Waals surface area contributed by atoms with Crippen molar-refractivity contribution < 1.29 is 14.1 Å². The first-order valence-electron chi connectivity index (χ1n) is 8.64. The third-order valence-electron chi connectivity index (χ3n) is 4.48. The monoisotopic (exact) mass is 383 g/mol. The van der Waals surface area contributed by atoms with Gasteiger partial charge in [-0.1, -0.05) is 30.3 Å². The number of fused-ring (bicyclic) bond motifs is 1. The zero-order valence-electron chi connectivity index (χ0n) is 15.0. The van der Waals surface area contributed by atoms with Gasteiger partial charge in [0.15, 0.2) is 0 Å². The molecule has 0 amide bonds. The molecule has 0 saturated carbocycles.